The van der Waals surface area contributed by atoms with Gasteiger partial charge in [-0.15, -0.1) is 0 Å². The minimum Gasteiger partial charge on any atom is -0.492 e. The third kappa shape index (κ3) is 8.48. The Labute approximate surface area is 277 Å². The molecule has 3 N–H and O–H groups in total. The third-order valence-corrected chi connectivity index (χ3v) is 9.04. The second kappa shape index (κ2) is 15.5. The molecule has 3 aliphatic rings. The van der Waals surface area contributed by atoms with E-state index in [1.54, 1.807) is 38.2 Å². The van der Waals surface area contributed by atoms with Crippen LogP contribution >= 0.6 is 0 Å². The van der Waals surface area contributed by atoms with Gasteiger partial charge >= 0.3 is 6.09 Å². The molecule has 47 heavy (non-hydrogen) atoms. The van der Waals surface area contributed by atoms with Gasteiger partial charge in [-0.05, 0) is 59.0 Å². The summed E-state index contributed by atoms with van der Waals surface area (Å²) >= 11 is 0. The van der Waals surface area contributed by atoms with E-state index in [4.69, 9.17) is 24.7 Å². The molecule has 12 nitrogen and oxygen atoms in total. The van der Waals surface area contributed by atoms with Crippen LogP contribution in [0.1, 0.15) is 61.3 Å². The summed E-state index contributed by atoms with van der Waals surface area (Å²) in [5.74, 6) is -2.02. The van der Waals surface area contributed by atoms with Gasteiger partial charge in [0.25, 0.3) is 5.91 Å². The summed E-state index contributed by atoms with van der Waals surface area (Å²) < 4.78 is 22.4. The molecule has 0 aromatic carbocycles. The van der Waals surface area contributed by atoms with Crippen LogP contribution in [-0.4, -0.2) is 103 Å². The van der Waals surface area contributed by atoms with E-state index in [1.807, 2.05) is 39.5 Å². The summed E-state index contributed by atoms with van der Waals surface area (Å²) in [6.45, 7) is 13.3. The Morgan fingerprint density at radius 1 is 1.02 bits per heavy atom. The van der Waals surface area contributed by atoms with Gasteiger partial charge in [0, 0.05) is 48.9 Å². The first kappa shape index (κ1) is 37.9. The topological polar surface area (TPSA) is 158 Å². The number of nitrogens with two attached hydrogens (primary N) is 1. The minimum absolute atomic E-state index is 0.0302. The third-order valence-electron chi connectivity index (χ3n) is 9.04. The standard InChI is InChI=1S/C35H51N3O9/c1-19-14-23-29(40)27-24(30(41)32(23)46-10)17-37(35(5,6)7)18-38(27)33(42)20(2)12-11-13-25(44-8)31(47-34(36)43)22(4)16-21(3)28(39)26(15-19)45-9/h11-13,16,19,21,25-26,28,31,39H,14-15,17-18H2,1-10H3,(H2,36,43)/b13-11-,20-12+,22-16+/t19-,21+,25-,26-,28+,31+/m1/s1. The molecule has 12 heteroatoms. The average molecular weight is 658 g/mol. The van der Waals surface area contributed by atoms with Crippen molar-refractivity contribution in [2.45, 2.75) is 91.3 Å². The molecule has 2 heterocycles. The number of carbonyl (C=O) groups is 4. The van der Waals surface area contributed by atoms with Crippen LogP contribution in [0.25, 0.3) is 0 Å². The molecular weight excluding hydrogens is 606 g/mol. The fourth-order valence-electron chi connectivity index (χ4n) is 6.29. The normalized spacial score (nSPS) is 32.1. The Morgan fingerprint density at radius 3 is 2.23 bits per heavy atom. The predicted molar refractivity (Wildman–Crippen MR) is 176 cm³/mol. The van der Waals surface area contributed by atoms with Crippen LogP contribution in [-0.2, 0) is 33.3 Å². The number of aliphatic hydroxyl groups is 1. The van der Waals surface area contributed by atoms with Crippen molar-refractivity contribution in [1.29, 1.82) is 0 Å². The summed E-state index contributed by atoms with van der Waals surface area (Å²) in [6.07, 6.45) is 2.75. The van der Waals surface area contributed by atoms with Crippen LogP contribution < -0.4 is 5.73 Å². The molecule has 1 aliphatic carbocycles. The molecule has 0 unspecified atom stereocenters. The maximum absolute atomic E-state index is 14.3. The number of rotatable bonds is 4. The lowest BCUT2D eigenvalue weighted by Gasteiger charge is -2.45. The van der Waals surface area contributed by atoms with E-state index in [0.717, 1.165) is 0 Å². The lowest BCUT2D eigenvalue weighted by molar-refractivity contribution is -0.133. The van der Waals surface area contributed by atoms with E-state index in [9.17, 15) is 24.3 Å². The number of ether oxygens (including phenoxy) is 4. The van der Waals surface area contributed by atoms with E-state index in [1.165, 1.54) is 26.2 Å². The summed E-state index contributed by atoms with van der Waals surface area (Å²) in [5, 5.41) is 11.4. The highest BCUT2D eigenvalue weighted by molar-refractivity contribution is 6.25. The van der Waals surface area contributed by atoms with Gasteiger partial charge in [-0.1, -0.05) is 38.2 Å². The second-order valence-electron chi connectivity index (χ2n) is 13.6. The molecule has 2 amide bonds. The Kier molecular flexibility index (Phi) is 12.5. The van der Waals surface area contributed by atoms with E-state index in [-0.39, 0.29) is 48.2 Å². The highest BCUT2D eigenvalue weighted by Crippen LogP contribution is 2.37. The summed E-state index contributed by atoms with van der Waals surface area (Å²) in [5.41, 5.74) is 6.31. The zero-order chi connectivity index (χ0) is 35.4. The van der Waals surface area contributed by atoms with Crippen molar-refractivity contribution in [3.63, 3.8) is 0 Å². The molecular formula is C35H51N3O9. The number of ketones is 2. The molecule has 2 aliphatic heterocycles. The second-order valence-corrected chi connectivity index (χ2v) is 13.6. The van der Waals surface area contributed by atoms with Crippen LogP contribution in [0, 0.1) is 11.8 Å². The van der Waals surface area contributed by atoms with Gasteiger partial charge < -0.3 is 29.8 Å². The largest absolute Gasteiger partial charge is 0.492 e. The van der Waals surface area contributed by atoms with Gasteiger partial charge in [0.1, 0.15) is 11.8 Å². The van der Waals surface area contributed by atoms with E-state index < -0.39 is 59.4 Å². The molecule has 3 rings (SSSR count). The fourth-order valence-corrected chi connectivity index (χ4v) is 6.29. The number of hydrogen-bond acceptors (Lipinski definition) is 10. The van der Waals surface area contributed by atoms with Gasteiger partial charge in [-0.2, -0.15) is 0 Å². The number of primary amides is 1. The molecule has 0 fully saturated rings. The summed E-state index contributed by atoms with van der Waals surface area (Å²) in [7, 11) is 4.31. The number of amides is 2. The van der Waals surface area contributed by atoms with Gasteiger partial charge in [0.2, 0.25) is 11.6 Å². The maximum Gasteiger partial charge on any atom is 0.405 e. The van der Waals surface area contributed by atoms with Crippen molar-refractivity contribution in [1.82, 2.24) is 9.80 Å². The van der Waals surface area contributed by atoms with Gasteiger partial charge in [-0.25, -0.2) is 4.79 Å². The van der Waals surface area contributed by atoms with Crippen molar-refractivity contribution >= 4 is 23.6 Å². The first-order valence-electron chi connectivity index (χ1n) is 15.9. The van der Waals surface area contributed by atoms with Gasteiger partial charge in [0.05, 0.1) is 26.0 Å². The minimum atomic E-state index is -0.997. The highest BCUT2D eigenvalue weighted by Gasteiger charge is 2.45. The molecule has 260 valence electrons. The first-order chi connectivity index (χ1) is 22.0. The van der Waals surface area contributed by atoms with Crippen molar-refractivity contribution < 1.29 is 43.2 Å². The number of Topliss-reactive ketones (excluding diaryl/α,β-unsaturated/α-hetero) is 2. The number of allylic oxidation sites excluding steroid dienone is 4. The monoisotopic (exact) mass is 657 g/mol. The molecule has 0 aromatic rings. The van der Waals surface area contributed by atoms with Crippen LogP contribution in [0.4, 0.5) is 4.79 Å². The lowest BCUT2D eigenvalue weighted by Crippen LogP contribution is -2.56. The first-order valence-corrected chi connectivity index (χ1v) is 15.9. The van der Waals surface area contributed by atoms with Crippen molar-refractivity contribution in [2.75, 3.05) is 34.5 Å². The molecule has 0 radical (unpaired) electrons. The summed E-state index contributed by atoms with van der Waals surface area (Å²) in [6, 6.07) is 0. The SMILES string of the molecule is COC1=C2C[C@@H](C)C[C@@H](OC)[C@@H](O)[C@@H](C)/C=C(\C)[C@H](OC(N)=O)[C@H](OC)/C=C\C=C(/C)C(=O)N3CN(C(C)(C)C)CC(=C3C2=O)C1=O. The number of hydrogen-bond donors (Lipinski definition) is 2. The van der Waals surface area contributed by atoms with Crippen LogP contribution in [0.2, 0.25) is 0 Å². The van der Waals surface area contributed by atoms with Crippen LogP contribution in [0.5, 0.6) is 0 Å². The number of carbonyl (C=O) groups excluding carboxylic acids is 4. The average Bonchev–Trinajstić information content (AvgIpc) is 3.01. The maximum atomic E-state index is 14.3. The zero-order valence-corrected chi connectivity index (χ0v) is 29.3. The molecule has 0 saturated carbocycles. The Balaban J connectivity index is 2.23. The van der Waals surface area contributed by atoms with E-state index in [2.05, 4.69) is 0 Å². The summed E-state index contributed by atoms with van der Waals surface area (Å²) in [4.78, 5) is 57.6. The molecule has 2 bridgehead atoms. The fraction of sp³-hybridized carbons (Fsp3) is 0.600. The Bertz CT molecular complexity index is 1400. The smallest absolute Gasteiger partial charge is 0.405 e. The highest BCUT2D eigenvalue weighted by atomic mass is 16.6. The lowest BCUT2D eigenvalue weighted by atomic mass is 9.82. The predicted octanol–water partition coefficient (Wildman–Crippen LogP) is 3.56. The van der Waals surface area contributed by atoms with E-state index in [0.29, 0.717) is 17.6 Å². The molecule has 0 spiro atoms. The quantitative estimate of drug-likeness (QED) is 0.338. The zero-order valence-electron chi connectivity index (χ0n) is 29.3. The van der Waals surface area contributed by atoms with Crippen LogP contribution in [0.3, 0.4) is 0 Å². The van der Waals surface area contributed by atoms with Crippen molar-refractivity contribution in [3.8, 4) is 0 Å². The number of methoxy groups -OCH3 is 3. The van der Waals surface area contributed by atoms with Crippen molar-refractivity contribution in [3.05, 3.63) is 58.1 Å². The van der Waals surface area contributed by atoms with Crippen molar-refractivity contribution in [2.24, 2.45) is 17.6 Å². The number of fused-ring (bicyclic) bond motifs is 1. The number of aliphatic hydroxyl groups excluding tert-OH is 1. The molecule has 0 aromatic heterocycles. The van der Waals surface area contributed by atoms with Crippen LogP contribution in [0.15, 0.2) is 58.1 Å². The van der Waals surface area contributed by atoms with Gasteiger partial charge in [0.15, 0.2) is 11.9 Å². The Morgan fingerprint density at radius 2 is 1.68 bits per heavy atom. The molecule has 0 saturated heterocycles. The van der Waals surface area contributed by atoms with E-state index >= 15 is 0 Å². The van der Waals surface area contributed by atoms with Gasteiger partial charge in [-0.3, -0.25) is 24.2 Å². The number of nitrogens with zero attached hydrogens (tertiary/aromatic N) is 2. The molecule has 6 atom stereocenters. The Hall–Kier alpha value is -3.58.